The minimum Gasteiger partial charge on any atom is -0.248 e. The second-order valence-corrected chi connectivity index (χ2v) is 38.5. The zero-order valence-electron chi connectivity index (χ0n) is 76.7. The normalized spacial score (nSPS) is 11.3. The van der Waals surface area contributed by atoms with Gasteiger partial charge in [-0.25, -0.2) is 24.9 Å². The van der Waals surface area contributed by atoms with Crippen molar-refractivity contribution in [2.45, 2.75) is 0 Å². The molecular weight excluding hydrogens is 1760 g/mol. The van der Waals surface area contributed by atoms with E-state index in [1.54, 1.807) is 11.3 Å². The molecule has 0 N–H and O–H groups in total. The summed E-state index contributed by atoms with van der Waals surface area (Å²) in [6, 6.07) is 184. The average Bonchev–Trinajstić information content (AvgIpc) is 1.49. The zero-order valence-corrected chi connectivity index (χ0v) is 79.1. The molecule has 26 aromatic rings. The molecule has 0 atom stereocenters. The van der Waals surface area contributed by atoms with Crippen LogP contribution in [0.15, 0.2) is 528 Å². The minimum absolute atomic E-state index is 0.702. The molecule has 0 spiro atoms. The van der Waals surface area contributed by atoms with Crippen molar-refractivity contribution >= 4 is 94.5 Å². The van der Waals surface area contributed by atoms with E-state index in [9.17, 15) is 0 Å². The predicted molar refractivity (Wildman–Crippen MR) is 599 cm³/mol. The van der Waals surface area contributed by atoms with E-state index in [0.717, 1.165) is 123 Å². The third kappa shape index (κ3) is 18.1. The van der Waals surface area contributed by atoms with Gasteiger partial charge < -0.3 is 0 Å². The van der Waals surface area contributed by atoms with Crippen molar-refractivity contribution in [2.75, 3.05) is 0 Å². The maximum absolute atomic E-state index is 5.56. The fraction of sp³-hybridized carbons (Fsp3) is 0. The highest BCUT2D eigenvalue weighted by Crippen LogP contribution is 2.48. The van der Waals surface area contributed by atoms with Crippen molar-refractivity contribution < 1.29 is 0 Å². The lowest BCUT2D eigenvalue weighted by molar-refractivity contribution is 1.18. The third-order valence-corrected chi connectivity index (χ3v) is 29.9. The maximum atomic E-state index is 5.56. The van der Waals surface area contributed by atoms with E-state index < -0.39 is 0 Å². The van der Waals surface area contributed by atoms with Gasteiger partial charge in [-0.1, -0.05) is 394 Å². The molecule has 0 aliphatic heterocycles. The van der Waals surface area contributed by atoms with E-state index in [1.807, 2.05) is 41.1 Å². The number of nitrogens with zero attached hydrogens (tertiary/aromatic N) is 5. The van der Waals surface area contributed by atoms with E-state index in [4.69, 9.17) is 24.9 Å². The number of fused-ring (bicyclic) bond motifs is 9. The molecule has 8 heteroatoms. The van der Waals surface area contributed by atoms with Crippen LogP contribution in [0.25, 0.3) is 251 Å². The van der Waals surface area contributed by atoms with Crippen LogP contribution in [0.1, 0.15) is 0 Å². The van der Waals surface area contributed by atoms with Crippen LogP contribution in [0.3, 0.4) is 0 Å². The summed E-state index contributed by atoms with van der Waals surface area (Å²) in [5.74, 6) is 1.45. The lowest BCUT2D eigenvalue weighted by Gasteiger charge is -2.15. The van der Waals surface area contributed by atoms with E-state index >= 15 is 0 Å². The quantitative estimate of drug-likeness (QED) is 0.0909. The Morgan fingerprint density at radius 1 is 0.128 bits per heavy atom. The summed E-state index contributed by atoms with van der Waals surface area (Å²) in [5.41, 5.74) is 35.6. The van der Waals surface area contributed by atoms with Gasteiger partial charge in [-0.05, 0) is 238 Å². The number of rotatable bonds is 17. The second-order valence-electron chi connectivity index (χ2n) is 35.3. The summed E-state index contributed by atoms with van der Waals surface area (Å²) in [6.45, 7) is 0. The molecule has 0 aliphatic carbocycles. The van der Waals surface area contributed by atoms with Gasteiger partial charge in [-0.15, -0.1) is 34.0 Å². The molecule has 0 amide bonds. The topological polar surface area (TPSA) is 64.5 Å². The van der Waals surface area contributed by atoms with Gasteiger partial charge in [0.25, 0.3) is 0 Å². The van der Waals surface area contributed by atoms with E-state index in [1.165, 1.54) is 122 Å². The molecule has 26 rings (SSSR count). The molecule has 0 aliphatic rings. The van der Waals surface area contributed by atoms with Gasteiger partial charge in [0.1, 0.15) is 0 Å². The average molecular weight is 1850 g/mol. The van der Waals surface area contributed by atoms with Crippen LogP contribution >= 0.6 is 34.0 Å². The van der Waals surface area contributed by atoms with Crippen LogP contribution < -0.4 is 0 Å². The number of aromatic nitrogens is 5. The van der Waals surface area contributed by atoms with Crippen LogP contribution in [0, 0.1) is 0 Å². The van der Waals surface area contributed by atoms with Crippen LogP contribution in [0.2, 0.25) is 0 Å². The highest BCUT2D eigenvalue weighted by atomic mass is 32.1. The summed E-state index contributed by atoms with van der Waals surface area (Å²) in [4.78, 5) is 25.9. The lowest BCUT2D eigenvalue weighted by Crippen LogP contribution is -1.97. The molecule has 0 saturated heterocycles. The van der Waals surface area contributed by atoms with Gasteiger partial charge in [0.15, 0.2) is 11.6 Å². The fourth-order valence-corrected chi connectivity index (χ4v) is 22.9. The van der Waals surface area contributed by atoms with Crippen LogP contribution in [-0.2, 0) is 0 Å². The summed E-state index contributed by atoms with van der Waals surface area (Å²) >= 11 is 5.49. The first-order valence-electron chi connectivity index (χ1n) is 47.5. The van der Waals surface area contributed by atoms with E-state index in [2.05, 4.69) is 510 Å². The van der Waals surface area contributed by atoms with Gasteiger partial charge in [-0.3, -0.25) is 0 Å². The number of hydrogen-bond acceptors (Lipinski definition) is 8. The third-order valence-electron chi connectivity index (χ3n) is 26.3. The molecular formula is C133H87N5S3. The van der Waals surface area contributed by atoms with Crippen LogP contribution in [0.5, 0.6) is 0 Å². The fourth-order valence-electron chi connectivity index (χ4n) is 19.3. The van der Waals surface area contributed by atoms with Crippen LogP contribution in [0.4, 0.5) is 0 Å². The Hall–Kier alpha value is -17.6. The Balaban J connectivity index is 0.000000117. The smallest absolute Gasteiger partial charge is 0.160 e. The second kappa shape index (κ2) is 38.9. The number of benzene rings is 20. The molecule has 6 heterocycles. The molecule has 662 valence electrons. The first-order valence-corrected chi connectivity index (χ1v) is 49.9. The molecule has 6 aromatic heterocycles. The monoisotopic (exact) mass is 1850 g/mol. The summed E-state index contributed by atoms with van der Waals surface area (Å²) in [7, 11) is 0. The number of pyridine rings is 1. The van der Waals surface area contributed by atoms with Crippen molar-refractivity contribution in [1.29, 1.82) is 0 Å². The molecule has 5 nitrogen and oxygen atoms in total. The van der Waals surface area contributed by atoms with E-state index in [-0.39, 0.29) is 0 Å². The molecule has 0 saturated carbocycles. The van der Waals surface area contributed by atoms with E-state index in [0.29, 0.717) is 5.82 Å². The van der Waals surface area contributed by atoms with Gasteiger partial charge in [0.05, 0.1) is 22.8 Å². The Morgan fingerprint density at radius 3 is 0.745 bits per heavy atom. The van der Waals surface area contributed by atoms with Gasteiger partial charge in [0, 0.05) is 112 Å². The molecule has 0 fully saturated rings. The Morgan fingerprint density at radius 2 is 0.369 bits per heavy atom. The van der Waals surface area contributed by atoms with Crippen molar-refractivity contribution in [3.63, 3.8) is 0 Å². The molecule has 0 radical (unpaired) electrons. The Labute approximate surface area is 831 Å². The summed E-state index contributed by atoms with van der Waals surface area (Å²) in [6.07, 6.45) is 3.90. The molecule has 0 unspecified atom stereocenters. The first-order chi connectivity index (χ1) is 69.8. The molecule has 0 bridgehead atoms. The lowest BCUT2D eigenvalue weighted by atomic mass is 9.92. The Bertz CT molecular complexity index is 8730. The molecule has 20 aromatic carbocycles. The summed E-state index contributed by atoms with van der Waals surface area (Å²) < 4.78 is 7.62. The maximum Gasteiger partial charge on any atom is 0.160 e. The summed E-state index contributed by atoms with van der Waals surface area (Å²) in [5, 5.41) is 7.66. The predicted octanol–water partition coefficient (Wildman–Crippen LogP) is 37.5. The Kier molecular flexibility index (Phi) is 23.8. The number of hydrogen-bond donors (Lipinski definition) is 0. The zero-order chi connectivity index (χ0) is 93.7. The van der Waals surface area contributed by atoms with Crippen molar-refractivity contribution in [3.05, 3.63) is 528 Å². The van der Waals surface area contributed by atoms with Gasteiger partial charge in [0.2, 0.25) is 0 Å². The first kappa shape index (κ1) is 86.2. The van der Waals surface area contributed by atoms with Crippen molar-refractivity contribution in [3.8, 4) is 190 Å². The molecule has 141 heavy (non-hydrogen) atoms. The van der Waals surface area contributed by atoms with Crippen molar-refractivity contribution in [2.24, 2.45) is 0 Å². The van der Waals surface area contributed by atoms with Gasteiger partial charge in [-0.2, -0.15) is 0 Å². The highest BCUT2D eigenvalue weighted by Gasteiger charge is 2.23. The van der Waals surface area contributed by atoms with Crippen molar-refractivity contribution in [1.82, 2.24) is 24.9 Å². The number of thiophene rings is 3. The highest BCUT2D eigenvalue weighted by molar-refractivity contribution is 7.27. The van der Waals surface area contributed by atoms with Gasteiger partial charge >= 0.3 is 0 Å². The largest absolute Gasteiger partial charge is 0.248 e. The minimum atomic E-state index is 0.702. The standard InChI is InChI=1S/C53H35NS.C46H30N2S.C34H22N2S/c1-5-16-36(17-6-1)40-28-41(37-18-7-2-8-19-37)31-45(30-40)50-34-44(47-25-15-26-49-48-24-13-14-27-52(48)55-53(47)49)35-51(54-50)46-32-42(38-20-9-3-10-21-38)29-43(33-46)39-22-11-4-12-23-39;1-4-14-31(15-5-1)34-20-12-21-35(26-34)37-27-36(32-16-6-2-7-17-32)28-38(29-37)46-47-42(33-18-8-3-9-19-33)30-43(48-46)41-24-13-23-40-39-22-10-11-25-44(39)49-45(40)41;1-3-10-23(11-4-1)25-18-26(24-12-5-2-6-13-24)20-27(19-25)28-21-35-34(36-22-28)31-16-9-15-30-29-14-7-8-17-32(29)37-33(30)31/h1-35H;1-30H;1-22H. The van der Waals surface area contributed by atoms with Crippen LogP contribution in [-0.4, -0.2) is 24.9 Å². The SMILES string of the molecule is c1ccc(-c2cc(-c3ccccc3)cc(-c3cc(-c4cccc5c4sc4ccccc45)cc(-c4cc(-c5ccccc5)cc(-c5ccccc5)c4)n3)c2)cc1.c1ccc(-c2cc(-c3ccccc3)cc(-c3cnc(-c4cccc5c4sc4ccccc45)nc3)c2)cc1.c1ccc(-c2cccc(-c3cc(-c4ccccc4)cc(-c4nc(-c5ccccc5)cc(-c5cccc6c5sc5ccccc56)n4)c3)c2)cc1.